The average molecular weight is 373 g/mol. The van der Waals surface area contributed by atoms with Crippen LogP contribution in [0.5, 0.6) is 0 Å². The number of amides is 1. The van der Waals surface area contributed by atoms with E-state index in [4.69, 9.17) is 0 Å². The molecular weight excluding hydrogens is 360 g/mol. The van der Waals surface area contributed by atoms with Crippen LogP contribution in [0.3, 0.4) is 0 Å². The highest BCUT2D eigenvalue weighted by molar-refractivity contribution is 9.10. The minimum absolute atomic E-state index is 0.295. The molecule has 0 radical (unpaired) electrons. The largest absolute Gasteiger partial charge is 0.306 e. The van der Waals surface area contributed by atoms with Gasteiger partial charge in [0.15, 0.2) is 5.82 Å². The van der Waals surface area contributed by atoms with Crippen LogP contribution in [0.1, 0.15) is 21.7 Å². The Morgan fingerprint density at radius 1 is 1.17 bits per heavy atom. The maximum atomic E-state index is 12.2. The molecule has 1 N–H and O–H groups in total. The monoisotopic (exact) mass is 372 g/mol. The van der Waals surface area contributed by atoms with Gasteiger partial charge in [0.1, 0.15) is 12.1 Å². The molecule has 116 valence electrons. The quantitative estimate of drug-likeness (QED) is 0.763. The molecule has 0 aliphatic carbocycles. The molecule has 0 saturated carbocycles. The lowest BCUT2D eigenvalue weighted by Gasteiger charge is -2.07. The summed E-state index contributed by atoms with van der Waals surface area (Å²) in [7, 11) is 0. The molecule has 0 aliphatic heterocycles. The van der Waals surface area contributed by atoms with Crippen LogP contribution < -0.4 is 5.32 Å². The maximum Gasteiger partial charge on any atom is 0.258 e. The van der Waals surface area contributed by atoms with Crippen molar-refractivity contribution < 1.29 is 4.79 Å². The van der Waals surface area contributed by atoms with Crippen molar-refractivity contribution in [2.75, 3.05) is 5.32 Å². The van der Waals surface area contributed by atoms with E-state index in [0.29, 0.717) is 17.2 Å². The molecule has 3 rings (SSSR count). The molecule has 0 aliphatic rings. The van der Waals surface area contributed by atoms with Crippen molar-refractivity contribution in [1.82, 2.24) is 24.7 Å². The molecule has 3 aromatic heterocycles. The van der Waals surface area contributed by atoms with Crippen LogP contribution in [0.25, 0.3) is 5.82 Å². The predicted octanol–water partition coefficient (Wildman–Crippen LogP) is 2.69. The summed E-state index contributed by atoms with van der Waals surface area (Å²) >= 11 is 3.29. The Bertz CT molecular complexity index is 876. The summed E-state index contributed by atoms with van der Waals surface area (Å²) < 4.78 is 2.43. The van der Waals surface area contributed by atoms with Crippen LogP contribution in [0.4, 0.5) is 5.82 Å². The Morgan fingerprint density at radius 2 is 2.00 bits per heavy atom. The maximum absolute atomic E-state index is 12.2. The normalized spacial score (nSPS) is 10.6. The second-order valence-electron chi connectivity index (χ2n) is 4.95. The summed E-state index contributed by atoms with van der Waals surface area (Å²) in [5, 5.41) is 7.10. The van der Waals surface area contributed by atoms with Crippen molar-refractivity contribution in [2.45, 2.75) is 13.8 Å². The number of aryl methyl sites for hydroxylation is 2. The van der Waals surface area contributed by atoms with Gasteiger partial charge < -0.3 is 5.32 Å². The van der Waals surface area contributed by atoms with Gasteiger partial charge >= 0.3 is 0 Å². The number of halogens is 1. The van der Waals surface area contributed by atoms with E-state index in [-0.39, 0.29) is 5.91 Å². The summed E-state index contributed by atoms with van der Waals surface area (Å²) in [6.07, 6.45) is 4.49. The van der Waals surface area contributed by atoms with Crippen molar-refractivity contribution in [2.24, 2.45) is 0 Å². The minimum Gasteiger partial charge on any atom is -0.306 e. The third-order valence-electron chi connectivity index (χ3n) is 3.09. The first-order valence-electron chi connectivity index (χ1n) is 6.80. The predicted molar refractivity (Wildman–Crippen MR) is 88.5 cm³/mol. The lowest BCUT2D eigenvalue weighted by molar-refractivity contribution is 0.102. The molecule has 0 spiro atoms. The molecule has 1 amide bonds. The third kappa shape index (κ3) is 3.42. The van der Waals surface area contributed by atoms with Crippen LogP contribution in [-0.4, -0.2) is 30.6 Å². The van der Waals surface area contributed by atoms with E-state index in [1.54, 1.807) is 23.0 Å². The fraction of sp³-hybridized carbons (Fsp3) is 0.133. The number of aromatic nitrogens is 5. The number of anilines is 1. The van der Waals surface area contributed by atoms with Crippen molar-refractivity contribution in [3.8, 4) is 5.82 Å². The molecule has 3 aromatic rings. The fourth-order valence-electron chi connectivity index (χ4n) is 2.12. The van der Waals surface area contributed by atoms with Gasteiger partial charge in [-0.05, 0) is 41.9 Å². The molecule has 0 fully saturated rings. The van der Waals surface area contributed by atoms with Crippen molar-refractivity contribution in [3.63, 3.8) is 0 Å². The number of nitrogens with one attached hydrogen (secondary N) is 1. The van der Waals surface area contributed by atoms with Gasteiger partial charge in [-0.25, -0.2) is 14.6 Å². The van der Waals surface area contributed by atoms with Crippen molar-refractivity contribution in [1.29, 1.82) is 0 Å². The number of hydrogen-bond acceptors (Lipinski definition) is 5. The lowest BCUT2D eigenvalue weighted by atomic mass is 10.3. The molecule has 0 unspecified atom stereocenters. The topological polar surface area (TPSA) is 85.6 Å². The van der Waals surface area contributed by atoms with Gasteiger partial charge in [-0.3, -0.25) is 9.78 Å². The molecule has 3 heterocycles. The Kier molecular flexibility index (Phi) is 4.16. The summed E-state index contributed by atoms with van der Waals surface area (Å²) in [6, 6.07) is 5.31. The molecule has 0 atom stereocenters. The van der Waals surface area contributed by atoms with E-state index in [2.05, 4.69) is 41.3 Å². The zero-order valence-corrected chi connectivity index (χ0v) is 14.1. The van der Waals surface area contributed by atoms with Gasteiger partial charge in [-0.1, -0.05) is 0 Å². The van der Waals surface area contributed by atoms with Gasteiger partial charge in [0, 0.05) is 28.6 Å². The third-order valence-corrected chi connectivity index (χ3v) is 3.52. The fourth-order valence-corrected chi connectivity index (χ4v) is 2.48. The van der Waals surface area contributed by atoms with Gasteiger partial charge in [-0.2, -0.15) is 5.10 Å². The van der Waals surface area contributed by atoms with Gasteiger partial charge in [0.05, 0.1) is 11.3 Å². The standard InChI is InChI=1S/C15H13BrN6O/c1-9-3-10(2)22(21-9)14-5-13(18-8-19-14)20-15(23)11-4-12(16)7-17-6-11/h3-8H,1-2H3,(H,18,19,20,23). The zero-order valence-electron chi connectivity index (χ0n) is 12.5. The molecule has 0 saturated heterocycles. The molecule has 0 bridgehead atoms. The Labute approximate surface area is 140 Å². The van der Waals surface area contributed by atoms with E-state index in [0.717, 1.165) is 15.9 Å². The van der Waals surface area contributed by atoms with E-state index in [9.17, 15) is 4.79 Å². The Morgan fingerprint density at radius 3 is 2.70 bits per heavy atom. The Hall–Kier alpha value is -2.61. The Balaban J connectivity index is 1.86. The highest BCUT2D eigenvalue weighted by Crippen LogP contribution is 2.14. The van der Waals surface area contributed by atoms with Crippen LogP contribution in [0, 0.1) is 13.8 Å². The molecule has 7 nitrogen and oxygen atoms in total. The van der Waals surface area contributed by atoms with E-state index in [1.165, 1.54) is 12.5 Å². The first-order chi connectivity index (χ1) is 11.0. The average Bonchev–Trinajstić information content (AvgIpc) is 2.86. The van der Waals surface area contributed by atoms with Gasteiger partial charge in [0.25, 0.3) is 5.91 Å². The van der Waals surface area contributed by atoms with Gasteiger partial charge in [-0.15, -0.1) is 0 Å². The number of carbonyl (C=O) groups is 1. The zero-order chi connectivity index (χ0) is 16.4. The van der Waals surface area contributed by atoms with E-state index < -0.39 is 0 Å². The number of rotatable bonds is 3. The summed E-state index contributed by atoms with van der Waals surface area (Å²) in [5.41, 5.74) is 2.28. The highest BCUT2D eigenvalue weighted by atomic mass is 79.9. The molecular formula is C15H13BrN6O. The number of hydrogen-bond donors (Lipinski definition) is 1. The second kappa shape index (κ2) is 6.25. The van der Waals surface area contributed by atoms with Crippen LogP contribution in [0.2, 0.25) is 0 Å². The SMILES string of the molecule is Cc1cc(C)n(-c2cc(NC(=O)c3cncc(Br)c3)ncn2)n1. The van der Waals surface area contributed by atoms with Crippen LogP contribution in [0.15, 0.2) is 41.4 Å². The summed E-state index contributed by atoms with van der Waals surface area (Å²) in [5.74, 6) is 0.692. The lowest BCUT2D eigenvalue weighted by Crippen LogP contribution is -2.14. The number of pyridine rings is 1. The molecule has 23 heavy (non-hydrogen) atoms. The van der Waals surface area contributed by atoms with E-state index >= 15 is 0 Å². The van der Waals surface area contributed by atoms with Crippen LogP contribution in [-0.2, 0) is 0 Å². The number of nitrogens with zero attached hydrogens (tertiary/aromatic N) is 5. The number of carbonyl (C=O) groups excluding carboxylic acids is 1. The molecule has 0 aromatic carbocycles. The minimum atomic E-state index is -0.295. The smallest absolute Gasteiger partial charge is 0.258 e. The molecule has 8 heteroatoms. The van der Waals surface area contributed by atoms with Gasteiger partial charge in [0.2, 0.25) is 0 Å². The van der Waals surface area contributed by atoms with Crippen LogP contribution >= 0.6 is 15.9 Å². The first-order valence-corrected chi connectivity index (χ1v) is 7.60. The van der Waals surface area contributed by atoms with Crippen molar-refractivity contribution in [3.05, 3.63) is 58.3 Å². The highest BCUT2D eigenvalue weighted by Gasteiger charge is 2.10. The first kappa shape index (κ1) is 15.3. The summed E-state index contributed by atoms with van der Waals surface area (Å²) in [4.78, 5) is 24.5. The summed E-state index contributed by atoms with van der Waals surface area (Å²) in [6.45, 7) is 3.85. The second-order valence-corrected chi connectivity index (χ2v) is 5.86. The van der Waals surface area contributed by atoms with E-state index in [1.807, 2.05) is 19.9 Å². The van der Waals surface area contributed by atoms with Crippen molar-refractivity contribution >= 4 is 27.7 Å².